The molecule has 1 heterocycles. The van der Waals surface area contributed by atoms with Gasteiger partial charge in [0.25, 0.3) is 0 Å². The second kappa shape index (κ2) is 5.85. The Kier molecular flexibility index (Phi) is 4.38. The van der Waals surface area contributed by atoms with Crippen molar-refractivity contribution in [2.75, 3.05) is 6.54 Å². The summed E-state index contributed by atoms with van der Waals surface area (Å²) in [6, 6.07) is 8.34. The zero-order chi connectivity index (χ0) is 14.0. The highest BCUT2D eigenvalue weighted by Gasteiger charge is 2.17. The first-order valence-corrected chi connectivity index (χ1v) is 7.41. The summed E-state index contributed by atoms with van der Waals surface area (Å²) in [5.74, 6) is -0.0960. The third-order valence-electron chi connectivity index (χ3n) is 3.25. The summed E-state index contributed by atoms with van der Waals surface area (Å²) in [6.07, 6.45) is 0. The van der Waals surface area contributed by atoms with Crippen LogP contribution >= 0.6 is 11.3 Å². The number of benzene rings is 1. The molecule has 2 aromatic rings. The maximum absolute atomic E-state index is 13.7. The van der Waals surface area contributed by atoms with Crippen LogP contribution < -0.4 is 5.32 Å². The van der Waals surface area contributed by atoms with Crippen LogP contribution in [0.1, 0.15) is 39.4 Å². The van der Waals surface area contributed by atoms with E-state index >= 15 is 0 Å². The predicted octanol–water partition coefficient (Wildman–Crippen LogP) is 4.51. The number of rotatable bonds is 4. The number of thiophene rings is 1. The Bertz CT molecular complexity index is 551. The first-order chi connectivity index (χ1) is 9.02. The van der Waals surface area contributed by atoms with Gasteiger partial charge in [-0.25, -0.2) is 4.39 Å². The molecule has 1 nitrogen and oxygen atoms in total. The molecule has 0 aliphatic rings. The summed E-state index contributed by atoms with van der Waals surface area (Å²) in [7, 11) is 0. The van der Waals surface area contributed by atoms with Crippen LogP contribution in [0.15, 0.2) is 24.3 Å². The van der Waals surface area contributed by atoms with Crippen molar-refractivity contribution in [3.05, 3.63) is 56.5 Å². The highest BCUT2D eigenvalue weighted by molar-refractivity contribution is 7.12. The molecular formula is C16H20FNS. The topological polar surface area (TPSA) is 12.0 Å². The Labute approximate surface area is 118 Å². The molecule has 0 fully saturated rings. The normalized spacial score (nSPS) is 12.7. The molecule has 0 aliphatic carbocycles. The minimum Gasteiger partial charge on any atom is -0.306 e. The van der Waals surface area contributed by atoms with E-state index in [1.165, 1.54) is 9.75 Å². The molecule has 0 saturated heterocycles. The van der Waals surface area contributed by atoms with Gasteiger partial charge in [-0.15, -0.1) is 11.3 Å². The Morgan fingerprint density at radius 2 is 1.79 bits per heavy atom. The maximum Gasteiger partial charge on any atom is 0.129 e. The Hall–Kier alpha value is -1.19. The zero-order valence-electron chi connectivity index (χ0n) is 11.9. The number of aryl methyl sites for hydroxylation is 3. The number of nitrogens with one attached hydrogen (secondary N) is 1. The zero-order valence-corrected chi connectivity index (χ0v) is 12.7. The quantitative estimate of drug-likeness (QED) is 0.867. The number of hydrogen-bond acceptors (Lipinski definition) is 2. The number of hydrogen-bond donors (Lipinski definition) is 1. The standard InChI is InChI=1S/C16H20FNS/c1-5-18-16(14-7-6-12(4)19-14)13-8-10(2)15(17)11(3)9-13/h6-9,16,18H,5H2,1-4H3. The fourth-order valence-electron chi connectivity index (χ4n) is 2.34. The van der Waals surface area contributed by atoms with Gasteiger partial charge in [-0.1, -0.05) is 19.1 Å². The molecule has 19 heavy (non-hydrogen) atoms. The molecular weight excluding hydrogens is 257 g/mol. The van der Waals surface area contributed by atoms with Crippen molar-refractivity contribution in [1.29, 1.82) is 0 Å². The third-order valence-corrected chi connectivity index (χ3v) is 4.31. The Morgan fingerprint density at radius 1 is 1.16 bits per heavy atom. The van der Waals surface area contributed by atoms with E-state index in [-0.39, 0.29) is 11.9 Å². The van der Waals surface area contributed by atoms with Gasteiger partial charge in [0.1, 0.15) is 5.82 Å². The van der Waals surface area contributed by atoms with Crippen molar-refractivity contribution in [1.82, 2.24) is 5.32 Å². The van der Waals surface area contributed by atoms with E-state index in [0.29, 0.717) is 11.1 Å². The largest absolute Gasteiger partial charge is 0.306 e. The molecule has 1 atom stereocenters. The summed E-state index contributed by atoms with van der Waals surface area (Å²) in [5.41, 5.74) is 2.57. The van der Waals surface area contributed by atoms with Gasteiger partial charge in [0.2, 0.25) is 0 Å². The van der Waals surface area contributed by atoms with Gasteiger partial charge >= 0.3 is 0 Å². The average Bonchev–Trinajstić information content (AvgIpc) is 2.79. The van der Waals surface area contributed by atoms with Crippen LogP contribution in [0.25, 0.3) is 0 Å². The van der Waals surface area contributed by atoms with Gasteiger partial charge in [-0.05, 0) is 56.1 Å². The highest BCUT2D eigenvalue weighted by Crippen LogP contribution is 2.30. The van der Waals surface area contributed by atoms with E-state index in [1.807, 2.05) is 26.0 Å². The molecule has 0 aliphatic heterocycles. The van der Waals surface area contributed by atoms with Gasteiger partial charge in [0.05, 0.1) is 6.04 Å². The molecule has 3 heteroatoms. The second-order valence-corrected chi connectivity index (χ2v) is 6.23. The summed E-state index contributed by atoms with van der Waals surface area (Å²) < 4.78 is 13.7. The average molecular weight is 277 g/mol. The number of halogens is 1. The minimum atomic E-state index is -0.0960. The molecule has 0 bridgehead atoms. The predicted molar refractivity (Wildman–Crippen MR) is 80.4 cm³/mol. The lowest BCUT2D eigenvalue weighted by Gasteiger charge is -2.18. The van der Waals surface area contributed by atoms with Crippen LogP contribution in [-0.2, 0) is 0 Å². The second-order valence-electron chi connectivity index (χ2n) is 4.91. The molecule has 2 rings (SSSR count). The molecule has 1 unspecified atom stereocenters. The summed E-state index contributed by atoms with van der Waals surface area (Å²) in [6.45, 7) is 8.75. The molecule has 1 N–H and O–H groups in total. The van der Waals surface area contributed by atoms with Crippen molar-refractivity contribution in [2.45, 2.75) is 33.7 Å². The van der Waals surface area contributed by atoms with Gasteiger partial charge in [0.15, 0.2) is 0 Å². The van der Waals surface area contributed by atoms with Crippen LogP contribution in [-0.4, -0.2) is 6.54 Å². The lowest BCUT2D eigenvalue weighted by atomic mass is 9.99. The third kappa shape index (κ3) is 3.04. The smallest absolute Gasteiger partial charge is 0.129 e. The summed E-state index contributed by atoms with van der Waals surface area (Å²) >= 11 is 1.79. The molecule has 0 saturated carbocycles. The fourth-order valence-corrected chi connectivity index (χ4v) is 3.32. The summed E-state index contributed by atoms with van der Waals surface area (Å²) in [4.78, 5) is 2.58. The molecule has 1 aromatic heterocycles. The van der Waals surface area contributed by atoms with E-state index in [9.17, 15) is 4.39 Å². The highest BCUT2D eigenvalue weighted by atomic mass is 32.1. The van der Waals surface area contributed by atoms with Gasteiger partial charge in [-0.2, -0.15) is 0 Å². The van der Waals surface area contributed by atoms with E-state index in [4.69, 9.17) is 0 Å². The van der Waals surface area contributed by atoms with Crippen LogP contribution in [0.4, 0.5) is 4.39 Å². The monoisotopic (exact) mass is 277 g/mol. The van der Waals surface area contributed by atoms with Crippen molar-refractivity contribution >= 4 is 11.3 Å². The molecule has 0 radical (unpaired) electrons. The first-order valence-electron chi connectivity index (χ1n) is 6.59. The molecule has 0 amide bonds. The van der Waals surface area contributed by atoms with Crippen LogP contribution in [0.3, 0.4) is 0 Å². The van der Waals surface area contributed by atoms with Crippen molar-refractivity contribution in [3.63, 3.8) is 0 Å². The Morgan fingerprint density at radius 3 is 2.26 bits per heavy atom. The molecule has 1 aromatic carbocycles. The van der Waals surface area contributed by atoms with Gasteiger partial charge < -0.3 is 5.32 Å². The van der Waals surface area contributed by atoms with Gasteiger partial charge in [0, 0.05) is 9.75 Å². The lowest BCUT2D eigenvalue weighted by molar-refractivity contribution is 0.600. The van der Waals surface area contributed by atoms with Crippen molar-refractivity contribution in [2.24, 2.45) is 0 Å². The summed E-state index contributed by atoms with van der Waals surface area (Å²) in [5, 5.41) is 3.49. The van der Waals surface area contributed by atoms with Gasteiger partial charge in [-0.3, -0.25) is 0 Å². The van der Waals surface area contributed by atoms with Crippen LogP contribution in [0.5, 0.6) is 0 Å². The minimum absolute atomic E-state index is 0.0960. The lowest BCUT2D eigenvalue weighted by Crippen LogP contribution is -2.21. The van der Waals surface area contributed by atoms with E-state index in [2.05, 4.69) is 31.3 Å². The first kappa shape index (κ1) is 14.2. The van der Waals surface area contributed by atoms with E-state index in [1.54, 1.807) is 11.3 Å². The van der Waals surface area contributed by atoms with Crippen molar-refractivity contribution in [3.8, 4) is 0 Å². The van der Waals surface area contributed by atoms with E-state index < -0.39 is 0 Å². The van der Waals surface area contributed by atoms with E-state index in [0.717, 1.165) is 12.1 Å². The van der Waals surface area contributed by atoms with Crippen LogP contribution in [0, 0.1) is 26.6 Å². The Balaban J connectivity index is 2.44. The van der Waals surface area contributed by atoms with Crippen molar-refractivity contribution < 1.29 is 4.39 Å². The molecule has 102 valence electrons. The molecule has 0 spiro atoms. The van der Waals surface area contributed by atoms with Crippen LogP contribution in [0.2, 0.25) is 0 Å². The SMILES string of the molecule is CCNC(c1cc(C)c(F)c(C)c1)c1ccc(C)s1. The maximum atomic E-state index is 13.7. The fraction of sp³-hybridized carbons (Fsp3) is 0.375.